The molecule has 0 aromatic carbocycles. The molecule has 0 aliphatic heterocycles. The molecule has 0 spiro atoms. The lowest BCUT2D eigenvalue weighted by Gasteiger charge is -2.23. The van der Waals surface area contributed by atoms with Crippen LogP contribution in [-0.2, 0) is 12.3 Å². The van der Waals surface area contributed by atoms with E-state index in [1.165, 1.54) is 18.0 Å². The fraction of sp³-hybridized carbons (Fsp3) is 0.769. The van der Waals surface area contributed by atoms with Gasteiger partial charge in [0.05, 0.1) is 16.6 Å². The average Bonchev–Trinajstić information content (AvgIpc) is 2.82. The van der Waals surface area contributed by atoms with Gasteiger partial charge in [-0.2, -0.15) is 0 Å². The van der Waals surface area contributed by atoms with Gasteiger partial charge in [-0.25, -0.2) is 4.98 Å². The normalized spacial score (nSPS) is 13.2. The molecule has 0 aliphatic carbocycles. The Labute approximate surface area is 114 Å². The molecule has 1 unspecified atom stereocenters. The van der Waals surface area contributed by atoms with Crippen molar-refractivity contribution in [1.82, 2.24) is 9.88 Å². The first-order chi connectivity index (χ1) is 8.19. The van der Waals surface area contributed by atoms with Gasteiger partial charge >= 0.3 is 0 Å². The summed E-state index contributed by atoms with van der Waals surface area (Å²) in [5, 5.41) is 3.27. The highest BCUT2D eigenvalue weighted by molar-refractivity contribution is 7.09. The van der Waals surface area contributed by atoms with E-state index in [1.54, 1.807) is 11.3 Å². The van der Waals surface area contributed by atoms with Crippen molar-refractivity contribution in [2.45, 2.75) is 39.5 Å². The van der Waals surface area contributed by atoms with Crippen LogP contribution in [0.2, 0.25) is 0 Å². The molecule has 1 heterocycles. The fourth-order valence-electron chi connectivity index (χ4n) is 1.73. The Morgan fingerprint density at radius 3 is 2.76 bits per heavy atom. The molecule has 98 valence electrons. The maximum atomic E-state index is 5.75. The van der Waals surface area contributed by atoms with Crippen LogP contribution in [0.25, 0.3) is 0 Å². The zero-order valence-electron chi connectivity index (χ0n) is 11.1. The van der Waals surface area contributed by atoms with Crippen molar-refractivity contribution in [2.75, 3.05) is 19.6 Å². The van der Waals surface area contributed by atoms with Crippen LogP contribution < -0.4 is 0 Å². The zero-order chi connectivity index (χ0) is 12.7. The van der Waals surface area contributed by atoms with E-state index >= 15 is 0 Å². The van der Waals surface area contributed by atoms with Crippen LogP contribution in [0.4, 0.5) is 0 Å². The van der Waals surface area contributed by atoms with Gasteiger partial charge in [-0.1, -0.05) is 27.2 Å². The number of hydrogen-bond donors (Lipinski definition) is 0. The lowest BCUT2D eigenvalue weighted by molar-refractivity contribution is 0.248. The molecule has 0 fully saturated rings. The van der Waals surface area contributed by atoms with Gasteiger partial charge in [0, 0.05) is 24.9 Å². The van der Waals surface area contributed by atoms with E-state index in [1.807, 2.05) is 0 Å². The molecule has 4 heteroatoms. The second kappa shape index (κ2) is 8.06. The smallest absolute Gasteiger partial charge is 0.0941 e. The molecule has 1 atom stereocenters. The number of aromatic nitrogens is 1. The summed E-state index contributed by atoms with van der Waals surface area (Å²) >= 11 is 7.48. The predicted octanol–water partition coefficient (Wildman–Crippen LogP) is 3.79. The second-order valence-corrected chi connectivity index (χ2v) is 5.73. The highest BCUT2D eigenvalue weighted by atomic mass is 35.5. The van der Waals surface area contributed by atoms with E-state index in [0.717, 1.165) is 31.1 Å². The fourth-order valence-corrected chi connectivity index (χ4v) is 2.74. The van der Waals surface area contributed by atoms with Crippen LogP contribution in [0, 0.1) is 5.92 Å². The van der Waals surface area contributed by atoms with Gasteiger partial charge in [0.25, 0.3) is 0 Å². The third-order valence-electron chi connectivity index (χ3n) is 3.09. The SMILES string of the molecule is CCC(C)CN(CC)CCc1nc(CCl)cs1. The zero-order valence-corrected chi connectivity index (χ0v) is 12.7. The quantitative estimate of drug-likeness (QED) is 0.671. The summed E-state index contributed by atoms with van der Waals surface area (Å²) in [6, 6.07) is 0. The molecule has 0 N–H and O–H groups in total. The summed E-state index contributed by atoms with van der Waals surface area (Å²) in [5.41, 5.74) is 1.01. The number of alkyl halides is 1. The van der Waals surface area contributed by atoms with Crippen molar-refractivity contribution in [1.29, 1.82) is 0 Å². The van der Waals surface area contributed by atoms with Gasteiger partial charge in [0.2, 0.25) is 0 Å². The Hall–Kier alpha value is -0.120. The molecule has 1 aromatic rings. The first-order valence-corrected chi connectivity index (χ1v) is 7.82. The molecule has 0 aliphatic rings. The lowest BCUT2D eigenvalue weighted by Crippen LogP contribution is -2.30. The van der Waals surface area contributed by atoms with Crippen molar-refractivity contribution in [3.63, 3.8) is 0 Å². The molecule has 0 amide bonds. The minimum atomic E-state index is 0.529. The van der Waals surface area contributed by atoms with Crippen LogP contribution in [0.15, 0.2) is 5.38 Å². The minimum Gasteiger partial charge on any atom is -0.303 e. The Morgan fingerprint density at radius 2 is 2.24 bits per heavy atom. The number of rotatable bonds is 8. The third kappa shape index (κ3) is 5.36. The van der Waals surface area contributed by atoms with Crippen molar-refractivity contribution in [3.8, 4) is 0 Å². The van der Waals surface area contributed by atoms with E-state index in [9.17, 15) is 0 Å². The number of nitrogens with zero attached hydrogens (tertiary/aromatic N) is 2. The Bertz CT molecular complexity index is 314. The maximum absolute atomic E-state index is 5.75. The highest BCUT2D eigenvalue weighted by Gasteiger charge is 2.08. The standard InChI is InChI=1S/C13H23ClN2S/c1-4-11(3)9-16(5-2)7-6-13-15-12(8-14)10-17-13/h10-11H,4-9H2,1-3H3. The van der Waals surface area contributed by atoms with Gasteiger partial charge in [-0.3, -0.25) is 0 Å². The van der Waals surface area contributed by atoms with Crippen LogP contribution in [-0.4, -0.2) is 29.5 Å². The van der Waals surface area contributed by atoms with Gasteiger partial charge in [-0.15, -0.1) is 22.9 Å². The summed E-state index contributed by atoms with van der Waals surface area (Å²) < 4.78 is 0. The van der Waals surface area contributed by atoms with E-state index in [2.05, 4.69) is 36.0 Å². The van der Waals surface area contributed by atoms with E-state index in [4.69, 9.17) is 11.6 Å². The Kier molecular flexibility index (Phi) is 7.09. The number of hydrogen-bond acceptors (Lipinski definition) is 3. The summed E-state index contributed by atoms with van der Waals surface area (Å²) in [5.74, 6) is 1.31. The second-order valence-electron chi connectivity index (χ2n) is 4.52. The monoisotopic (exact) mass is 274 g/mol. The minimum absolute atomic E-state index is 0.529. The van der Waals surface area contributed by atoms with Gasteiger partial charge < -0.3 is 4.90 Å². The first kappa shape index (κ1) is 14.9. The lowest BCUT2D eigenvalue weighted by atomic mass is 10.1. The summed E-state index contributed by atoms with van der Waals surface area (Å²) in [6.45, 7) is 10.2. The highest BCUT2D eigenvalue weighted by Crippen LogP contribution is 2.13. The van der Waals surface area contributed by atoms with Crippen LogP contribution in [0.3, 0.4) is 0 Å². The van der Waals surface area contributed by atoms with Gasteiger partial charge in [-0.05, 0) is 12.5 Å². The average molecular weight is 275 g/mol. The number of halogens is 1. The van der Waals surface area contributed by atoms with Gasteiger partial charge in [0.1, 0.15) is 0 Å². The topological polar surface area (TPSA) is 16.1 Å². The van der Waals surface area contributed by atoms with Crippen molar-refractivity contribution >= 4 is 22.9 Å². The molecule has 0 saturated carbocycles. The maximum Gasteiger partial charge on any atom is 0.0941 e. The van der Waals surface area contributed by atoms with Crippen LogP contribution in [0.5, 0.6) is 0 Å². The largest absolute Gasteiger partial charge is 0.303 e. The Balaban J connectivity index is 2.36. The molecule has 0 saturated heterocycles. The first-order valence-electron chi connectivity index (χ1n) is 6.41. The van der Waals surface area contributed by atoms with E-state index in [-0.39, 0.29) is 0 Å². The van der Waals surface area contributed by atoms with Crippen molar-refractivity contribution in [2.24, 2.45) is 5.92 Å². The van der Waals surface area contributed by atoms with E-state index < -0.39 is 0 Å². The molecule has 1 rings (SSSR count). The Morgan fingerprint density at radius 1 is 1.47 bits per heavy atom. The van der Waals surface area contributed by atoms with Crippen LogP contribution >= 0.6 is 22.9 Å². The van der Waals surface area contributed by atoms with Crippen molar-refractivity contribution in [3.05, 3.63) is 16.1 Å². The third-order valence-corrected chi connectivity index (χ3v) is 4.32. The summed E-state index contributed by atoms with van der Waals surface area (Å²) in [4.78, 5) is 7.00. The summed E-state index contributed by atoms with van der Waals surface area (Å²) in [6.07, 6.45) is 2.30. The number of likely N-dealkylation sites (N-methyl/N-ethyl adjacent to an activating group) is 1. The van der Waals surface area contributed by atoms with Gasteiger partial charge in [0.15, 0.2) is 0 Å². The summed E-state index contributed by atoms with van der Waals surface area (Å²) in [7, 11) is 0. The molecular formula is C13H23ClN2S. The molecule has 0 radical (unpaired) electrons. The molecular weight excluding hydrogens is 252 g/mol. The van der Waals surface area contributed by atoms with E-state index in [0.29, 0.717) is 5.88 Å². The number of thiazole rings is 1. The van der Waals surface area contributed by atoms with Crippen molar-refractivity contribution < 1.29 is 0 Å². The van der Waals surface area contributed by atoms with Crippen LogP contribution in [0.1, 0.15) is 37.9 Å². The molecule has 0 bridgehead atoms. The molecule has 2 nitrogen and oxygen atoms in total. The molecule has 17 heavy (non-hydrogen) atoms. The predicted molar refractivity (Wildman–Crippen MR) is 76.9 cm³/mol. The molecule has 1 aromatic heterocycles.